The van der Waals surface area contributed by atoms with Crippen molar-refractivity contribution < 1.29 is 33.6 Å². The molecular weight excluding hydrogens is 520 g/mol. The minimum absolute atomic E-state index is 0.0469. The van der Waals surface area contributed by atoms with E-state index in [2.05, 4.69) is 0 Å². The lowest BCUT2D eigenvalue weighted by atomic mass is 9.98. The molecule has 4 aromatic rings. The first kappa shape index (κ1) is 28.7. The van der Waals surface area contributed by atoms with Crippen LogP contribution in [0.4, 0.5) is 0 Å². The molecule has 0 aromatic heterocycles. The standard InChI is InChI=1S/C34H34O7/c35-29-30(37-21-25-13-5-1-6-14-25)32(38-22-26-15-7-2-8-16-26)34(40-24-28-19-11-4-12-20-28)41-31(29)33(36)39-23-27-17-9-3-10-18-27/h1-20,29-32,34-35H,21-24H2/t29-,30-,31-,32+,34+/m0/s1. The van der Waals surface area contributed by atoms with E-state index in [0.29, 0.717) is 0 Å². The molecule has 0 bridgehead atoms. The van der Waals surface area contributed by atoms with E-state index >= 15 is 0 Å². The van der Waals surface area contributed by atoms with Gasteiger partial charge < -0.3 is 28.8 Å². The van der Waals surface area contributed by atoms with Crippen LogP contribution in [0.3, 0.4) is 0 Å². The van der Waals surface area contributed by atoms with Crippen LogP contribution in [0, 0.1) is 0 Å². The third kappa shape index (κ3) is 8.10. The Bertz CT molecular complexity index is 1320. The zero-order valence-electron chi connectivity index (χ0n) is 22.7. The van der Waals surface area contributed by atoms with Crippen molar-refractivity contribution in [1.29, 1.82) is 0 Å². The van der Waals surface area contributed by atoms with E-state index in [1.165, 1.54) is 0 Å². The van der Waals surface area contributed by atoms with E-state index in [-0.39, 0.29) is 26.4 Å². The molecule has 0 spiro atoms. The summed E-state index contributed by atoms with van der Waals surface area (Å²) in [5.41, 5.74) is 3.60. The first-order valence-electron chi connectivity index (χ1n) is 13.7. The quantitative estimate of drug-likeness (QED) is 0.241. The lowest BCUT2D eigenvalue weighted by Gasteiger charge is -2.43. The minimum Gasteiger partial charge on any atom is -0.459 e. The molecule has 1 aliphatic heterocycles. The number of esters is 1. The van der Waals surface area contributed by atoms with Gasteiger partial charge in [0, 0.05) is 0 Å². The predicted octanol–water partition coefficient (Wildman–Crippen LogP) is 5.20. The molecular formula is C34H34O7. The largest absolute Gasteiger partial charge is 0.459 e. The maximum Gasteiger partial charge on any atom is 0.338 e. The maximum atomic E-state index is 13.2. The normalized spacial score (nSPS) is 22.2. The molecule has 4 aromatic carbocycles. The van der Waals surface area contributed by atoms with Crippen LogP contribution in [-0.2, 0) is 54.9 Å². The van der Waals surface area contributed by atoms with Crippen LogP contribution in [-0.4, -0.2) is 41.8 Å². The Kier molecular flexibility index (Phi) is 10.3. The Morgan fingerprint density at radius 2 is 0.951 bits per heavy atom. The summed E-state index contributed by atoms with van der Waals surface area (Å²) >= 11 is 0. The smallest absolute Gasteiger partial charge is 0.338 e. The second-order valence-electron chi connectivity index (χ2n) is 9.83. The van der Waals surface area contributed by atoms with Crippen LogP contribution in [0.2, 0.25) is 0 Å². The molecule has 0 saturated carbocycles. The van der Waals surface area contributed by atoms with E-state index in [1.807, 2.05) is 121 Å². The molecule has 7 nitrogen and oxygen atoms in total. The predicted molar refractivity (Wildman–Crippen MR) is 152 cm³/mol. The molecule has 1 fully saturated rings. The fourth-order valence-electron chi connectivity index (χ4n) is 4.62. The van der Waals surface area contributed by atoms with Gasteiger partial charge in [-0.05, 0) is 22.3 Å². The lowest BCUT2D eigenvalue weighted by Crippen LogP contribution is -2.62. The molecule has 1 heterocycles. The van der Waals surface area contributed by atoms with Crippen LogP contribution in [0.1, 0.15) is 22.3 Å². The molecule has 1 aliphatic rings. The van der Waals surface area contributed by atoms with E-state index in [9.17, 15) is 9.90 Å². The lowest BCUT2D eigenvalue weighted by molar-refractivity contribution is -0.316. The Morgan fingerprint density at radius 1 is 0.561 bits per heavy atom. The van der Waals surface area contributed by atoms with Crippen molar-refractivity contribution in [3.63, 3.8) is 0 Å². The number of carbonyl (C=O) groups excluding carboxylic acids is 1. The van der Waals surface area contributed by atoms with Crippen molar-refractivity contribution in [3.05, 3.63) is 144 Å². The van der Waals surface area contributed by atoms with Gasteiger partial charge in [-0.25, -0.2) is 4.79 Å². The molecule has 0 unspecified atom stereocenters. The number of ether oxygens (including phenoxy) is 5. The third-order valence-electron chi connectivity index (χ3n) is 6.80. The molecule has 7 heteroatoms. The number of carbonyl (C=O) groups is 1. The maximum absolute atomic E-state index is 13.2. The molecule has 212 valence electrons. The highest BCUT2D eigenvalue weighted by molar-refractivity contribution is 5.75. The van der Waals surface area contributed by atoms with Gasteiger partial charge >= 0.3 is 5.97 Å². The van der Waals surface area contributed by atoms with Crippen molar-refractivity contribution in [2.24, 2.45) is 0 Å². The number of hydrogen-bond acceptors (Lipinski definition) is 7. The summed E-state index contributed by atoms with van der Waals surface area (Å²) < 4.78 is 30.4. The van der Waals surface area contributed by atoms with Crippen LogP contribution in [0.25, 0.3) is 0 Å². The summed E-state index contributed by atoms with van der Waals surface area (Å²) in [6, 6.07) is 38.3. The van der Waals surface area contributed by atoms with Crippen molar-refractivity contribution in [1.82, 2.24) is 0 Å². The van der Waals surface area contributed by atoms with Gasteiger partial charge in [0.05, 0.1) is 19.8 Å². The zero-order chi connectivity index (χ0) is 28.3. The summed E-state index contributed by atoms with van der Waals surface area (Å²) in [6.07, 6.45) is -5.49. The van der Waals surface area contributed by atoms with Crippen LogP contribution < -0.4 is 0 Å². The molecule has 0 amide bonds. The van der Waals surface area contributed by atoms with Gasteiger partial charge in [0.2, 0.25) is 0 Å². The SMILES string of the molecule is O=C(OCc1ccccc1)[C@H]1O[C@@H](OCc2ccccc2)[C@H](OCc2ccccc2)[C@@H](OCc2ccccc2)[C@@H]1O. The van der Waals surface area contributed by atoms with Gasteiger partial charge in [0.1, 0.15) is 24.9 Å². The molecule has 1 saturated heterocycles. The van der Waals surface area contributed by atoms with E-state index in [4.69, 9.17) is 23.7 Å². The molecule has 41 heavy (non-hydrogen) atoms. The minimum atomic E-state index is -1.36. The van der Waals surface area contributed by atoms with E-state index in [0.717, 1.165) is 22.3 Å². The second kappa shape index (κ2) is 14.7. The molecule has 0 radical (unpaired) electrons. The highest BCUT2D eigenvalue weighted by Crippen LogP contribution is 2.30. The summed E-state index contributed by atoms with van der Waals surface area (Å²) in [5, 5.41) is 11.5. The van der Waals surface area contributed by atoms with Gasteiger partial charge in [-0.3, -0.25) is 0 Å². The zero-order valence-corrected chi connectivity index (χ0v) is 22.7. The fourth-order valence-corrected chi connectivity index (χ4v) is 4.62. The average molecular weight is 555 g/mol. The van der Waals surface area contributed by atoms with Crippen molar-refractivity contribution >= 4 is 5.97 Å². The van der Waals surface area contributed by atoms with Crippen molar-refractivity contribution in [2.45, 2.75) is 57.1 Å². The number of aliphatic hydroxyl groups is 1. The Labute approximate surface area is 240 Å². The van der Waals surface area contributed by atoms with Crippen LogP contribution in [0.15, 0.2) is 121 Å². The molecule has 0 aliphatic carbocycles. The Balaban J connectivity index is 1.38. The van der Waals surface area contributed by atoms with Crippen molar-refractivity contribution in [2.75, 3.05) is 0 Å². The monoisotopic (exact) mass is 554 g/mol. The summed E-state index contributed by atoms with van der Waals surface area (Å²) in [7, 11) is 0. The topological polar surface area (TPSA) is 83.5 Å². The Morgan fingerprint density at radius 3 is 1.41 bits per heavy atom. The number of benzene rings is 4. The Hall–Kier alpha value is -3.85. The van der Waals surface area contributed by atoms with E-state index < -0.39 is 36.7 Å². The molecule has 5 atom stereocenters. The average Bonchev–Trinajstić information content (AvgIpc) is 3.03. The molecule has 1 N–H and O–H groups in total. The summed E-state index contributed by atoms with van der Waals surface area (Å²) in [4.78, 5) is 13.2. The van der Waals surface area contributed by atoms with Crippen LogP contribution >= 0.6 is 0 Å². The van der Waals surface area contributed by atoms with Gasteiger partial charge in [0.25, 0.3) is 0 Å². The van der Waals surface area contributed by atoms with Gasteiger partial charge in [-0.15, -0.1) is 0 Å². The van der Waals surface area contributed by atoms with Crippen molar-refractivity contribution in [3.8, 4) is 0 Å². The number of aliphatic hydroxyl groups excluding tert-OH is 1. The summed E-state index contributed by atoms with van der Waals surface area (Å²) in [6.45, 7) is 0.696. The van der Waals surface area contributed by atoms with Crippen LogP contribution in [0.5, 0.6) is 0 Å². The third-order valence-corrected chi connectivity index (χ3v) is 6.80. The number of hydrogen-bond donors (Lipinski definition) is 1. The van der Waals surface area contributed by atoms with Gasteiger partial charge in [0.15, 0.2) is 12.4 Å². The molecule has 5 rings (SSSR count). The van der Waals surface area contributed by atoms with Gasteiger partial charge in [-0.1, -0.05) is 121 Å². The summed E-state index contributed by atoms with van der Waals surface area (Å²) in [5.74, 6) is -0.704. The number of rotatable bonds is 12. The first-order valence-corrected chi connectivity index (χ1v) is 13.7. The highest BCUT2D eigenvalue weighted by atomic mass is 16.7. The second-order valence-corrected chi connectivity index (χ2v) is 9.83. The fraction of sp³-hybridized carbons (Fsp3) is 0.265. The first-order chi connectivity index (χ1) is 20.2. The highest BCUT2D eigenvalue weighted by Gasteiger charge is 2.50. The van der Waals surface area contributed by atoms with E-state index in [1.54, 1.807) is 0 Å². The van der Waals surface area contributed by atoms with Gasteiger partial charge in [-0.2, -0.15) is 0 Å².